The molecule has 2 aromatic rings. The maximum absolute atomic E-state index is 12.4. The highest BCUT2D eigenvalue weighted by molar-refractivity contribution is 5.90. The molecule has 2 unspecified atom stereocenters. The van der Waals surface area contributed by atoms with Gasteiger partial charge < -0.3 is 9.64 Å². The zero-order valence-electron chi connectivity index (χ0n) is 16.8. The molecule has 2 atom stereocenters. The van der Waals surface area contributed by atoms with E-state index in [0.717, 1.165) is 5.56 Å². The van der Waals surface area contributed by atoms with Crippen LogP contribution in [-0.4, -0.2) is 40.2 Å². The lowest BCUT2D eigenvalue weighted by Gasteiger charge is -2.18. The van der Waals surface area contributed by atoms with Gasteiger partial charge in [0.05, 0.1) is 10.8 Å². The quantitative estimate of drug-likeness (QED) is 0.510. The average molecular weight is 426 g/mol. The molecule has 1 aliphatic heterocycles. The van der Waals surface area contributed by atoms with Crippen molar-refractivity contribution in [2.24, 2.45) is 5.92 Å². The van der Waals surface area contributed by atoms with Gasteiger partial charge in [-0.15, -0.1) is 0 Å². The lowest BCUT2D eigenvalue weighted by atomic mass is 10.1. The molecule has 3 amide bonds. The van der Waals surface area contributed by atoms with E-state index in [1.54, 1.807) is 4.90 Å². The number of nitrogens with one attached hydrogen (secondary N) is 2. The summed E-state index contributed by atoms with van der Waals surface area (Å²) in [6.45, 7) is 2.17. The van der Waals surface area contributed by atoms with Gasteiger partial charge in [0.1, 0.15) is 5.75 Å². The molecule has 31 heavy (non-hydrogen) atoms. The first-order valence-electron chi connectivity index (χ1n) is 9.66. The molecule has 0 bridgehead atoms. The summed E-state index contributed by atoms with van der Waals surface area (Å²) in [5, 5.41) is 10.7. The molecule has 10 nitrogen and oxygen atoms in total. The van der Waals surface area contributed by atoms with Crippen LogP contribution in [0, 0.1) is 16.0 Å². The number of hydrogen-bond acceptors (Lipinski definition) is 6. The number of carbonyl (C=O) groups excluding carboxylic acids is 3. The first kappa shape index (κ1) is 21.8. The number of hydrogen-bond donors (Lipinski definition) is 2. The number of benzene rings is 2. The smallest absolute Gasteiger partial charge is 0.279 e. The third-order valence-corrected chi connectivity index (χ3v) is 4.84. The van der Waals surface area contributed by atoms with Crippen LogP contribution >= 0.6 is 0 Å². The number of rotatable bonds is 7. The summed E-state index contributed by atoms with van der Waals surface area (Å²) in [6.07, 6.45) is -0.884. The third kappa shape index (κ3) is 5.78. The lowest BCUT2D eigenvalue weighted by molar-refractivity contribution is -0.384. The van der Waals surface area contributed by atoms with Gasteiger partial charge in [0, 0.05) is 31.6 Å². The van der Waals surface area contributed by atoms with E-state index in [-0.39, 0.29) is 30.3 Å². The Morgan fingerprint density at radius 3 is 2.48 bits per heavy atom. The topological polar surface area (TPSA) is 131 Å². The molecule has 2 aromatic carbocycles. The number of nitrogens with zero attached hydrogens (tertiary/aromatic N) is 2. The van der Waals surface area contributed by atoms with Crippen molar-refractivity contribution in [2.75, 3.05) is 6.54 Å². The predicted octanol–water partition coefficient (Wildman–Crippen LogP) is 1.56. The summed E-state index contributed by atoms with van der Waals surface area (Å²) in [5.41, 5.74) is 5.50. The zero-order valence-corrected chi connectivity index (χ0v) is 16.8. The first-order valence-corrected chi connectivity index (χ1v) is 9.66. The minimum absolute atomic E-state index is 0.0728. The Bertz CT molecular complexity index is 964. The predicted molar refractivity (Wildman–Crippen MR) is 109 cm³/mol. The summed E-state index contributed by atoms with van der Waals surface area (Å²) < 4.78 is 5.42. The van der Waals surface area contributed by atoms with Gasteiger partial charge in [0.2, 0.25) is 11.8 Å². The molecule has 0 aliphatic carbocycles. The van der Waals surface area contributed by atoms with E-state index in [1.165, 1.54) is 31.2 Å². The molecular formula is C21H22N4O6. The van der Waals surface area contributed by atoms with Crippen molar-refractivity contribution in [3.63, 3.8) is 0 Å². The van der Waals surface area contributed by atoms with Crippen LogP contribution < -0.4 is 15.6 Å². The number of amides is 3. The van der Waals surface area contributed by atoms with E-state index in [0.29, 0.717) is 6.54 Å². The highest BCUT2D eigenvalue weighted by Crippen LogP contribution is 2.20. The Morgan fingerprint density at radius 2 is 1.84 bits per heavy atom. The van der Waals surface area contributed by atoms with E-state index in [2.05, 4.69) is 10.9 Å². The van der Waals surface area contributed by atoms with E-state index >= 15 is 0 Å². The van der Waals surface area contributed by atoms with Crippen LogP contribution in [0.4, 0.5) is 5.69 Å². The number of non-ortho nitro benzene ring substituents is 1. The largest absolute Gasteiger partial charge is 0.481 e. The molecule has 162 valence electrons. The Balaban J connectivity index is 1.45. The van der Waals surface area contributed by atoms with Gasteiger partial charge in [-0.25, -0.2) is 0 Å². The fourth-order valence-corrected chi connectivity index (χ4v) is 3.14. The Labute approximate surface area is 178 Å². The van der Waals surface area contributed by atoms with E-state index in [4.69, 9.17) is 4.74 Å². The second-order valence-corrected chi connectivity index (χ2v) is 7.15. The molecule has 1 heterocycles. The van der Waals surface area contributed by atoms with Crippen LogP contribution in [-0.2, 0) is 20.9 Å². The number of ether oxygens (including phenoxy) is 1. The number of nitro groups is 1. The van der Waals surface area contributed by atoms with Gasteiger partial charge in [0.15, 0.2) is 6.10 Å². The number of nitro benzene ring substituents is 1. The van der Waals surface area contributed by atoms with Crippen molar-refractivity contribution >= 4 is 23.4 Å². The zero-order chi connectivity index (χ0) is 22.4. The average Bonchev–Trinajstić information content (AvgIpc) is 3.13. The number of hydrazine groups is 1. The van der Waals surface area contributed by atoms with Crippen molar-refractivity contribution < 1.29 is 24.0 Å². The monoisotopic (exact) mass is 426 g/mol. The minimum atomic E-state index is -0.957. The standard InChI is InChI=1S/C21H22N4O6/c1-14(31-18-9-7-17(8-10-18)25(29)30)20(27)22-23-21(28)16-11-19(26)24(13-16)12-15-5-3-2-4-6-15/h2-10,14,16H,11-13H2,1H3,(H,22,27)(H,23,28). The number of carbonyl (C=O) groups is 3. The summed E-state index contributed by atoms with van der Waals surface area (Å²) in [5.74, 6) is -1.47. The van der Waals surface area contributed by atoms with Crippen molar-refractivity contribution in [3.8, 4) is 5.75 Å². The Hall–Kier alpha value is -3.95. The number of likely N-dealkylation sites (tertiary alicyclic amines) is 1. The molecule has 0 radical (unpaired) electrons. The summed E-state index contributed by atoms with van der Waals surface area (Å²) >= 11 is 0. The van der Waals surface area contributed by atoms with Gasteiger partial charge in [-0.1, -0.05) is 30.3 Å². The van der Waals surface area contributed by atoms with Gasteiger partial charge in [-0.2, -0.15) is 0 Å². The summed E-state index contributed by atoms with van der Waals surface area (Å²) in [7, 11) is 0. The molecule has 2 N–H and O–H groups in total. The van der Waals surface area contributed by atoms with Crippen molar-refractivity contribution in [1.82, 2.24) is 15.8 Å². The van der Waals surface area contributed by atoms with E-state index < -0.39 is 28.8 Å². The normalized spacial score (nSPS) is 16.5. The van der Waals surface area contributed by atoms with Crippen LogP contribution in [0.5, 0.6) is 5.75 Å². The fourth-order valence-electron chi connectivity index (χ4n) is 3.14. The fraction of sp³-hybridized carbons (Fsp3) is 0.286. The van der Waals surface area contributed by atoms with E-state index in [9.17, 15) is 24.5 Å². The second-order valence-electron chi connectivity index (χ2n) is 7.15. The Morgan fingerprint density at radius 1 is 1.16 bits per heavy atom. The third-order valence-electron chi connectivity index (χ3n) is 4.84. The second kappa shape index (κ2) is 9.70. The van der Waals surface area contributed by atoms with Crippen molar-refractivity contribution in [1.29, 1.82) is 0 Å². The minimum Gasteiger partial charge on any atom is -0.481 e. The summed E-state index contributed by atoms with van der Waals surface area (Å²) in [6, 6.07) is 14.8. The molecule has 0 saturated carbocycles. The first-order chi connectivity index (χ1) is 14.8. The van der Waals surface area contributed by atoms with Gasteiger partial charge in [-0.05, 0) is 24.6 Å². The highest BCUT2D eigenvalue weighted by Gasteiger charge is 2.34. The molecule has 0 aromatic heterocycles. The molecule has 0 spiro atoms. The van der Waals surface area contributed by atoms with Gasteiger partial charge in [-0.3, -0.25) is 35.3 Å². The SMILES string of the molecule is CC(Oc1ccc([N+](=O)[O-])cc1)C(=O)NNC(=O)C1CC(=O)N(Cc2ccccc2)C1. The highest BCUT2D eigenvalue weighted by atomic mass is 16.6. The molecule has 1 fully saturated rings. The molecule has 1 saturated heterocycles. The van der Waals surface area contributed by atoms with Gasteiger partial charge >= 0.3 is 0 Å². The summed E-state index contributed by atoms with van der Waals surface area (Å²) in [4.78, 5) is 48.5. The van der Waals surface area contributed by atoms with Crippen LogP contribution in [0.15, 0.2) is 54.6 Å². The maximum atomic E-state index is 12.4. The lowest BCUT2D eigenvalue weighted by Crippen LogP contribution is -2.49. The Kier molecular flexibility index (Phi) is 6.81. The molecule has 3 rings (SSSR count). The molecule has 1 aliphatic rings. The van der Waals surface area contributed by atoms with E-state index in [1.807, 2.05) is 30.3 Å². The van der Waals surface area contributed by atoms with Crippen LogP contribution in [0.25, 0.3) is 0 Å². The van der Waals surface area contributed by atoms with Crippen LogP contribution in [0.2, 0.25) is 0 Å². The maximum Gasteiger partial charge on any atom is 0.279 e. The van der Waals surface area contributed by atoms with Gasteiger partial charge in [0.25, 0.3) is 11.6 Å². The van der Waals surface area contributed by atoms with Crippen LogP contribution in [0.3, 0.4) is 0 Å². The van der Waals surface area contributed by atoms with Crippen LogP contribution in [0.1, 0.15) is 18.9 Å². The van der Waals surface area contributed by atoms with Crippen molar-refractivity contribution in [2.45, 2.75) is 26.0 Å². The molecular weight excluding hydrogens is 404 g/mol. The van der Waals surface area contributed by atoms with Crippen molar-refractivity contribution in [3.05, 3.63) is 70.3 Å². The molecule has 10 heteroatoms.